The number of hydrogen-bond acceptors (Lipinski definition) is 5. The predicted molar refractivity (Wildman–Crippen MR) is 95.8 cm³/mol. The van der Waals surface area contributed by atoms with Crippen molar-refractivity contribution in [3.8, 4) is 0 Å². The molecule has 0 bridgehead atoms. The van der Waals surface area contributed by atoms with E-state index < -0.39 is 0 Å². The van der Waals surface area contributed by atoms with E-state index in [1.54, 1.807) is 11.3 Å². The third-order valence-electron chi connectivity index (χ3n) is 5.14. The number of carbonyl (C=O) groups is 1. The van der Waals surface area contributed by atoms with Crippen molar-refractivity contribution in [3.63, 3.8) is 0 Å². The molecule has 1 fully saturated rings. The maximum absolute atomic E-state index is 12.6. The molecule has 1 aliphatic carbocycles. The van der Waals surface area contributed by atoms with Crippen molar-refractivity contribution in [1.82, 2.24) is 25.1 Å². The molecule has 0 spiro atoms. The summed E-state index contributed by atoms with van der Waals surface area (Å²) in [5, 5.41) is 11.9. The van der Waals surface area contributed by atoms with Gasteiger partial charge in [0.25, 0.3) is 5.91 Å². The SMILES string of the molecule is O=C(NC1CCc2nnc(C3CC3)n2CC1)c1ccc2scnc2c1. The third-order valence-corrected chi connectivity index (χ3v) is 5.95. The van der Waals surface area contributed by atoms with E-state index in [-0.39, 0.29) is 11.9 Å². The molecule has 0 radical (unpaired) electrons. The molecule has 1 aliphatic heterocycles. The number of carbonyl (C=O) groups excluding carboxylic acids is 1. The molecule has 1 atom stereocenters. The largest absolute Gasteiger partial charge is 0.349 e. The van der Waals surface area contributed by atoms with Crippen molar-refractivity contribution < 1.29 is 4.79 Å². The molecule has 6 nitrogen and oxygen atoms in total. The number of amides is 1. The van der Waals surface area contributed by atoms with Gasteiger partial charge in [0.2, 0.25) is 0 Å². The minimum Gasteiger partial charge on any atom is -0.349 e. The van der Waals surface area contributed by atoms with Crippen LogP contribution in [0, 0.1) is 0 Å². The first-order chi connectivity index (χ1) is 12.3. The Morgan fingerprint density at radius 3 is 3.00 bits per heavy atom. The fraction of sp³-hybridized carbons (Fsp3) is 0.444. The Kier molecular flexibility index (Phi) is 3.55. The lowest BCUT2D eigenvalue weighted by Gasteiger charge is -2.16. The summed E-state index contributed by atoms with van der Waals surface area (Å²) in [7, 11) is 0. The van der Waals surface area contributed by atoms with Crippen LogP contribution < -0.4 is 5.32 Å². The van der Waals surface area contributed by atoms with E-state index in [0.29, 0.717) is 11.5 Å². The number of fused-ring (bicyclic) bond motifs is 2. The number of rotatable bonds is 3. The zero-order chi connectivity index (χ0) is 16.8. The molecule has 1 aromatic carbocycles. The minimum absolute atomic E-state index is 0.0139. The van der Waals surface area contributed by atoms with Gasteiger partial charge in [-0.3, -0.25) is 4.79 Å². The molecule has 3 aromatic rings. The topological polar surface area (TPSA) is 72.7 Å². The molecule has 1 saturated carbocycles. The Labute approximate surface area is 149 Å². The lowest BCUT2D eigenvalue weighted by molar-refractivity contribution is 0.0933. The molecule has 3 heterocycles. The van der Waals surface area contributed by atoms with E-state index in [9.17, 15) is 4.79 Å². The Morgan fingerprint density at radius 1 is 1.20 bits per heavy atom. The van der Waals surface area contributed by atoms with E-state index in [4.69, 9.17) is 0 Å². The molecule has 2 aliphatic rings. The van der Waals surface area contributed by atoms with Crippen LogP contribution in [-0.2, 0) is 13.0 Å². The molecule has 1 unspecified atom stereocenters. The van der Waals surface area contributed by atoms with Crippen LogP contribution in [0.2, 0.25) is 0 Å². The number of benzene rings is 1. The molecule has 1 N–H and O–H groups in total. The minimum atomic E-state index is -0.0139. The van der Waals surface area contributed by atoms with E-state index >= 15 is 0 Å². The average Bonchev–Trinajstić information content (AvgIpc) is 3.28. The fourth-order valence-electron chi connectivity index (χ4n) is 3.57. The zero-order valence-electron chi connectivity index (χ0n) is 13.8. The third kappa shape index (κ3) is 2.82. The summed E-state index contributed by atoms with van der Waals surface area (Å²) in [6, 6.07) is 5.90. The second-order valence-corrected chi connectivity index (χ2v) is 7.82. The molecule has 2 aromatic heterocycles. The normalized spacial score (nSPS) is 20.2. The molecular formula is C18H19N5OS. The van der Waals surface area contributed by atoms with Crippen molar-refractivity contribution in [2.24, 2.45) is 0 Å². The quantitative estimate of drug-likeness (QED) is 0.786. The molecular weight excluding hydrogens is 334 g/mol. The summed E-state index contributed by atoms with van der Waals surface area (Å²) in [4.78, 5) is 16.9. The van der Waals surface area contributed by atoms with Gasteiger partial charge in [0.1, 0.15) is 11.6 Å². The highest BCUT2D eigenvalue weighted by Gasteiger charge is 2.31. The highest BCUT2D eigenvalue weighted by atomic mass is 32.1. The van der Waals surface area contributed by atoms with Crippen LogP contribution in [0.4, 0.5) is 0 Å². The van der Waals surface area contributed by atoms with Gasteiger partial charge in [-0.25, -0.2) is 4.98 Å². The lowest BCUT2D eigenvalue weighted by Crippen LogP contribution is -2.35. The zero-order valence-corrected chi connectivity index (χ0v) is 14.6. The molecule has 128 valence electrons. The highest BCUT2D eigenvalue weighted by molar-refractivity contribution is 7.16. The molecule has 7 heteroatoms. The van der Waals surface area contributed by atoms with Crippen molar-refractivity contribution in [3.05, 3.63) is 40.9 Å². The first kappa shape index (κ1) is 15.0. The van der Waals surface area contributed by atoms with Gasteiger partial charge < -0.3 is 9.88 Å². The number of aromatic nitrogens is 4. The second kappa shape index (κ2) is 5.91. The maximum atomic E-state index is 12.6. The summed E-state index contributed by atoms with van der Waals surface area (Å²) in [5.74, 6) is 2.82. The van der Waals surface area contributed by atoms with Gasteiger partial charge in [-0.05, 0) is 43.9 Å². The van der Waals surface area contributed by atoms with Crippen molar-refractivity contribution >= 4 is 27.5 Å². The molecule has 0 saturated heterocycles. The van der Waals surface area contributed by atoms with Gasteiger partial charge >= 0.3 is 0 Å². The standard InChI is InChI=1S/C18H19N5OS/c24-18(12-3-5-15-14(9-12)19-10-25-15)20-13-4-6-16-21-22-17(11-1-2-11)23(16)8-7-13/h3,5,9-11,13H,1-2,4,6-8H2,(H,20,24). The van der Waals surface area contributed by atoms with Crippen LogP contribution in [0.3, 0.4) is 0 Å². The summed E-state index contributed by atoms with van der Waals surface area (Å²) in [5.41, 5.74) is 3.38. The van der Waals surface area contributed by atoms with Crippen molar-refractivity contribution in [1.29, 1.82) is 0 Å². The second-order valence-electron chi connectivity index (χ2n) is 6.93. The van der Waals surface area contributed by atoms with Crippen molar-refractivity contribution in [2.45, 2.75) is 50.6 Å². The van der Waals surface area contributed by atoms with E-state index in [1.165, 1.54) is 12.8 Å². The Bertz CT molecular complexity index is 942. The Morgan fingerprint density at radius 2 is 2.12 bits per heavy atom. The summed E-state index contributed by atoms with van der Waals surface area (Å²) in [6.45, 7) is 0.893. The first-order valence-corrected chi connectivity index (χ1v) is 9.72. The van der Waals surface area contributed by atoms with E-state index in [2.05, 4.69) is 25.1 Å². The summed E-state index contributed by atoms with van der Waals surface area (Å²) in [6.07, 6.45) is 5.17. The fourth-order valence-corrected chi connectivity index (χ4v) is 4.22. The van der Waals surface area contributed by atoms with Crippen molar-refractivity contribution in [2.75, 3.05) is 0 Å². The number of thiazole rings is 1. The van der Waals surface area contributed by atoms with Crippen LogP contribution in [0.25, 0.3) is 10.2 Å². The summed E-state index contributed by atoms with van der Waals surface area (Å²) >= 11 is 1.59. The van der Waals surface area contributed by atoms with Crippen LogP contribution in [0.15, 0.2) is 23.7 Å². The number of nitrogens with one attached hydrogen (secondary N) is 1. The van der Waals surface area contributed by atoms with Gasteiger partial charge in [0, 0.05) is 30.5 Å². The monoisotopic (exact) mass is 353 g/mol. The van der Waals surface area contributed by atoms with E-state index in [1.807, 2.05) is 23.7 Å². The van der Waals surface area contributed by atoms with Gasteiger partial charge in [0.15, 0.2) is 0 Å². The molecule has 1 amide bonds. The predicted octanol–water partition coefficient (Wildman–Crippen LogP) is 2.90. The molecule has 5 rings (SSSR count). The van der Waals surface area contributed by atoms with Gasteiger partial charge in [-0.2, -0.15) is 0 Å². The number of nitrogens with zero attached hydrogens (tertiary/aromatic N) is 4. The maximum Gasteiger partial charge on any atom is 0.251 e. The van der Waals surface area contributed by atoms with Crippen LogP contribution in [0.5, 0.6) is 0 Å². The molecule has 25 heavy (non-hydrogen) atoms. The smallest absolute Gasteiger partial charge is 0.251 e. The first-order valence-electron chi connectivity index (χ1n) is 8.84. The number of hydrogen-bond donors (Lipinski definition) is 1. The number of aryl methyl sites for hydroxylation is 1. The van der Waals surface area contributed by atoms with E-state index in [0.717, 1.165) is 47.7 Å². The van der Waals surface area contributed by atoms with Crippen LogP contribution in [0.1, 0.15) is 53.6 Å². The van der Waals surface area contributed by atoms with Crippen LogP contribution >= 0.6 is 11.3 Å². The lowest BCUT2D eigenvalue weighted by atomic mass is 10.1. The van der Waals surface area contributed by atoms with Gasteiger partial charge in [0.05, 0.1) is 15.7 Å². The Balaban J connectivity index is 1.29. The van der Waals surface area contributed by atoms with Gasteiger partial charge in [-0.1, -0.05) is 0 Å². The average molecular weight is 353 g/mol. The Hall–Kier alpha value is -2.28. The van der Waals surface area contributed by atoms with Crippen LogP contribution in [-0.4, -0.2) is 31.7 Å². The summed E-state index contributed by atoms with van der Waals surface area (Å²) < 4.78 is 3.39. The highest BCUT2D eigenvalue weighted by Crippen LogP contribution is 2.39. The van der Waals surface area contributed by atoms with Gasteiger partial charge in [-0.15, -0.1) is 21.5 Å².